The van der Waals surface area contributed by atoms with E-state index in [1.807, 2.05) is 91.4 Å². The van der Waals surface area contributed by atoms with Gasteiger partial charge >= 0.3 is 17.9 Å². The maximum atomic E-state index is 13.3. The van der Waals surface area contributed by atoms with Gasteiger partial charge in [0.25, 0.3) is 0 Å². The number of aromatic nitrogens is 3. The number of aromatic amines is 3. The normalized spacial score (nSPS) is 19.3. The van der Waals surface area contributed by atoms with Crippen molar-refractivity contribution in [1.29, 1.82) is 0 Å². The highest BCUT2D eigenvalue weighted by molar-refractivity contribution is 5.85. The smallest absolute Gasteiger partial charge is 0.306 e. The van der Waals surface area contributed by atoms with E-state index in [0.29, 0.717) is 19.3 Å². The molecule has 3 aromatic carbocycles. The van der Waals surface area contributed by atoms with Crippen molar-refractivity contribution in [2.24, 2.45) is 0 Å². The third-order valence-corrected chi connectivity index (χ3v) is 9.04. The molecule has 6 aromatic rings. The Labute approximate surface area is 281 Å². The van der Waals surface area contributed by atoms with Crippen LogP contribution in [0.2, 0.25) is 0 Å². The minimum absolute atomic E-state index is 0.00136. The minimum Gasteiger partial charge on any atom is -0.456 e. The van der Waals surface area contributed by atoms with Gasteiger partial charge in [-0.3, -0.25) is 14.4 Å². The molecule has 0 saturated carbocycles. The summed E-state index contributed by atoms with van der Waals surface area (Å²) in [5.41, 5.74) is 5.73. The lowest BCUT2D eigenvalue weighted by Crippen LogP contribution is -2.57. The molecule has 4 N–H and O–H groups in total. The van der Waals surface area contributed by atoms with E-state index in [-0.39, 0.29) is 25.9 Å². The molecule has 4 atom stereocenters. The predicted octanol–water partition coefficient (Wildman–Crippen LogP) is 5.41. The Bertz CT molecular complexity index is 2090. The monoisotopic (exact) mass is 663 g/mol. The number of aryl methyl sites for hydroxylation is 3. The van der Waals surface area contributed by atoms with Crippen LogP contribution in [0.15, 0.2) is 91.4 Å². The number of para-hydroxylation sites is 3. The standard InChI is InChI=1S/C38H37N3O8/c42-33(16-13-23-19-39-29-10-4-1-7-26(23)29)47-32-22-46-38(45)37(49-35(44)18-15-25-21-41-31-12-6-3-9-28(25)31)36(32)48-34(43)17-14-24-20-40-30-11-5-2-8-27(24)30/h1-12,19-21,32,36-41,45H,13-18,22H2/t32-,36-,37+,38?/m0/s1. The quantitative estimate of drug-likeness (QED) is 0.100. The summed E-state index contributed by atoms with van der Waals surface area (Å²) in [5.74, 6) is -1.76. The number of carbonyl (C=O) groups excluding carboxylic acids is 3. The Morgan fingerprint density at radius 1 is 0.592 bits per heavy atom. The van der Waals surface area contributed by atoms with Gasteiger partial charge in [-0.15, -0.1) is 0 Å². The van der Waals surface area contributed by atoms with Crippen molar-refractivity contribution in [3.05, 3.63) is 108 Å². The van der Waals surface area contributed by atoms with E-state index in [1.54, 1.807) is 0 Å². The number of H-pyrrole nitrogens is 3. The highest BCUT2D eigenvalue weighted by Crippen LogP contribution is 2.27. The lowest BCUT2D eigenvalue weighted by Gasteiger charge is -2.38. The number of rotatable bonds is 12. The number of benzene rings is 3. The largest absolute Gasteiger partial charge is 0.456 e. The zero-order valence-electron chi connectivity index (χ0n) is 26.7. The molecule has 1 unspecified atom stereocenters. The van der Waals surface area contributed by atoms with Crippen LogP contribution in [-0.4, -0.2) is 69.2 Å². The summed E-state index contributed by atoms with van der Waals surface area (Å²) in [6.07, 6.45) is 1.42. The highest BCUT2D eigenvalue weighted by Gasteiger charge is 2.47. The van der Waals surface area contributed by atoms with E-state index in [2.05, 4.69) is 15.0 Å². The lowest BCUT2D eigenvalue weighted by atomic mass is 10.0. The molecule has 1 saturated heterocycles. The van der Waals surface area contributed by atoms with E-state index in [0.717, 1.165) is 49.4 Å². The van der Waals surface area contributed by atoms with Crippen LogP contribution in [0.4, 0.5) is 0 Å². The van der Waals surface area contributed by atoms with Crippen LogP contribution in [0.5, 0.6) is 0 Å². The predicted molar refractivity (Wildman–Crippen MR) is 181 cm³/mol. The number of hydrogen-bond acceptors (Lipinski definition) is 8. The molecule has 0 radical (unpaired) electrons. The van der Waals surface area contributed by atoms with Crippen molar-refractivity contribution in [2.45, 2.75) is 63.1 Å². The second kappa shape index (κ2) is 14.4. The Kier molecular flexibility index (Phi) is 9.45. The van der Waals surface area contributed by atoms with Gasteiger partial charge in [-0.2, -0.15) is 0 Å². The van der Waals surface area contributed by atoms with E-state index in [9.17, 15) is 19.5 Å². The first-order valence-electron chi connectivity index (χ1n) is 16.5. The van der Waals surface area contributed by atoms with Crippen molar-refractivity contribution in [1.82, 2.24) is 15.0 Å². The van der Waals surface area contributed by atoms with Gasteiger partial charge in [-0.1, -0.05) is 54.6 Å². The van der Waals surface area contributed by atoms with Crippen molar-refractivity contribution >= 4 is 50.6 Å². The van der Waals surface area contributed by atoms with Crippen molar-refractivity contribution in [3.63, 3.8) is 0 Å². The summed E-state index contributed by atoms with van der Waals surface area (Å²) in [6, 6.07) is 23.3. The summed E-state index contributed by atoms with van der Waals surface area (Å²) in [4.78, 5) is 49.1. The average Bonchev–Trinajstić information content (AvgIpc) is 3.85. The molecule has 49 heavy (non-hydrogen) atoms. The summed E-state index contributed by atoms with van der Waals surface area (Å²) in [6.45, 7) is -0.246. The van der Waals surface area contributed by atoms with Gasteiger partial charge in [0.1, 0.15) is 0 Å². The molecule has 252 valence electrons. The van der Waals surface area contributed by atoms with Crippen molar-refractivity contribution in [2.75, 3.05) is 6.61 Å². The van der Waals surface area contributed by atoms with Gasteiger partial charge in [-0.05, 0) is 54.2 Å². The van der Waals surface area contributed by atoms with Crippen molar-refractivity contribution in [3.8, 4) is 0 Å². The molecule has 1 aliphatic heterocycles. The zero-order chi connectivity index (χ0) is 33.7. The molecule has 0 spiro atoms. The van der Waals surface area contributed by atoms with Crippen LogP contribution < -0.4 is 0 Å². The van der Waals surface area contributed by atoms with E-state index < -0.39 is 42.5 Å². The number of nitrogens with one attached hydrogen (secondary N) is 3. The van der Waals surface area contributed by atoms with Gasteiger partial charge in [0.2, 0.25) is 0 Å². The first-order valence-corrected chi connectivity index (χ1v) is 16.5. The molecular weight excluding hydrogens is 626 g/mol. The Balaban J connectivity index is 1.03. The van der Waals surface area contributed by atoms with Crippen LogP contribution in [-0.2, 0) is 52.6 Å². The van der Waals surface area contributed by atoms with E-state index >= 15 is 0 Å². The first-order chi connectivity index (χ1) is 23.9. The minimum atomic E-state index is -1.59. The molecule has 0 amide bonds. The van der Waals surface area contributed by atoms with Crippen LogP contribution in [0.3, 0.4) is 0 Å². The number of hydrogen-bond donors (Lipinski definition) is 4. The van der Waals surface area contributed by atoms with Gasteiger partial charge < -0.3 is 39.0 Å². The Hall–Kier alpha value is -5.39. The number of fused-ring (bicyclic) bond motifs is 3. The number of ether oxygens (including phenoxy) is 4. The molecule has 11 nitrogen and oxygen atoms in total. The topological polar surface area (TPSA) is 156 Å². The number of aliphatic hydroxyl groups excluding tert-OH is 1. The maximum Gasteiger partial charge on any atom is 0.306 e. The number of carbonyl (C=O) groups is 3. The summed E-state index contributed by atoms with van der Waals surface area (Å²) >= 11 is 0. The van der Waals surface area contributed by atoms with Gasteiger partial charge in [0.15, 0.2) is 24.6 Å². The SMILES string of the molecule is O=C(CCc1c[nH]c2ccccc12)O[C@H]1[C@@H](OC(=O)CCc2c[nH]c3ccccc23)COC(O)[C@@H]1OC(=O)CCc1c[nH]c2ccccc12. The maximum absolute atomic E-state index is 13.3. The Morgan fingerprint density at radius 2 is 0.980 bits per heavy atom. The fourth-order valence-electron chi connectivity index (χ4n) is 6.50. The van der Waals surface area contributed by atoms with Crippen LogP contribution in [0.1, 0.15) is 36.0 Å². The molecule has 1 fully saturated rings. The summed E-state index contributed by atoms with van der Waals surface area (Å²) in [7, 11) is 0. The summed E-state index contributed by atoms with van der Waals surface area (Å²) in [5, 5.41) is 13.8. The third kappa shape index (κ3) is 7.23. The van der Waals surface area contributed by atoms with E-state index in [4.69, 9.17) is 18.9 Å². The molecule has 4 heterocycles. The molecule has 7 rings (SSSR count). The fourth-order valence-corrected chi connectivity index (χ4v) is 6.50. The Morgan fingerprint density at radius 3 is 1.43 bits per heavy atom. The summed E-state index contributed by atoms with van der Waals surface area (Å²) < 4.78 is 22.9. The lowest BCUT2D eigenvalue weighted by molar-refractivity contribution is -0.268. The molecule has 0 aliphatic carbocycles. The zero-order valence-corrected chi connectivity index (χ0v) is 26.7. The fraction of sp³-hybridized carbons (Fsp3) is 0.289. The number of aliphatic hydroxyl groups is 1. The van der Waals surface area contributed by atoms with Gasteiger partial charge in [0.05, 0.1) is 6.61 Å². The second-order valence-electron chi connectivity index (χ2n) is 12.2. The average molecular weight is 664 g/mol. The highest BCUT2D eigenvalue weighted by atomic mass is 16.7. The van der Waals surface area contributed by atoms with E-state index in [1.165, 1.54) is 0 Å². The van der Waals surface area contributed by atoms with Crippen LogP contribution in [0, 0.1) is 0 Å². The van der Waals surface area contributed by atoms with Crippen LogP contribution >= 0.6 is 0 Å². The molecule has 3 aromatic heterocycles. The molecule has 1 aliphatic rings. The van der Waals surface area contributed by atoms with Crippen LogP contribution in [0.25, 0.3) is 32.7 Å². The molecule has 0 bridgehead atoms. The third-order valence-electron chi connectivity index (χ3n) is 9.04. The van der Waals surface area contributed by atoms with Gasteiger partial charge in [-0.25, -0.2) is 0 Å². The number of esters is 3. The molecular formula is C38H37N3O8. The second-order valence-corrected chi connectivity index (χ2v) is 12.2. The molecule has 11 heteroatoms. The van der Waals surface area contributed by atoms with Crippen molar-refractivity contribution < 1.29 is 38.4 Å². The van der Waals surface area contributed by atoms with Gasteiger partial charge in [0, 0.05) is 70.6 Å². The first kappa shape index (κ1) is 32.2.